The third-order valence-corrected chi connectivity index (χ3v) is 3.68. The summed E-state index contributed by atoms with van der Waals surface area (Å²) in [6, 6.07) is 0. The van der Waals surface area contributed by atoms with Gasteiger partial charge in [-0.2, -0.15) is 0 Å². The molecule has 16 heavy (non-hydrogen) atoms. The van der Waals surface area contributed by atoms with E-state index in [2.05, 4.69) is 13.0 Å². The van der Waals surface area contributed by atoms with E-state index in [9.17, 15) is 0 Å². The first-order chi connectivity index (χ1) is 7.88. The highest BCUT2D eigenvalue weighted by Crippen LogP contribution is 2.33. The van der Waals surface area contributed by atoms with Crippen LogP contribution in [-0.4, -0.2) is 18.3 Å². The lowest BCUT2D eigenvalue weighted by atomic mass is 9.77. The molecule has 1 aliphatic rings. The van der Waals surface area contributed by atoms with Crippen LogP contribution in [0.4, 0.5) is 0 Å². The topological polar surface area (TPSA) is 29.5 Å². The average molecular weight is 226 g/mol. The lowest BCUT2D eigenvalue weighted by Crippen LogP contribution is -2.16. The summed E-state index contributed by atoms with van der Waals surface area (Å²) in [4.78, 5) is 0. The van der Waals surface area contributed by atoms with E-state index in [1.807, 2.05) is 0 Å². The first-order valence-corrected chi connectivity index (χ1v) is 6.76. The molecular weight excluding hydrogens is 200 g/mol. The van der Waals surface area contributed by atoms with Gasteiger partial charge in [-0.25, -0.2) is 0 Å². The number of hydrogen-bond donors (Lipinski definition) is 1. The molecule has 1 N–H and O–H groups in total. The fourth-order valence-electron chi connectivity index (χ4n) is 2.72. The van der Waals surface area contributed by atoms with Crippen molar-refractivity contribution in [3.05, 3.63) is 12.3 Å². The summed E-state index contributed by atoms with van der Waals surface area (Å²) >= 11 is 0. The van der Waals surface area contributed by atoms with Crippen molar-refractivity contribution in [2.24, 2.45) is 11.8 Å². The number of allylic oxidation sites excluding steroid dienone is 1. The van der Waals surface area contributed by atoms with Crippen LogP contribution in [0.25, 0.3) is 0 Å². The number of aliphatic hydroxyl groups is 1. The second-order valence-corrected chi connectivity index (χ2v) is 4.77. The first kappa shape index (κ1) is 13.6. The fraction of sp³-hybridized carbons (Fsp3) is 0.857. The van der Waals surface area contributed by atoms with E-state index in [1.165, 1.54) is 38.5 Å². The molecule has 0 aromatic rings. The summed E-state index contributed by atoms with van der Waals surface area (Å²) in [5, 5.41) is 8.57. The van der Waals surface area contributed by atoms with Crippen molar-refractivity contribution in [1.82, 2.24) is 0 Å². The summed E-state index contributed by atoms with van der Waals surface area (Å²) in [7, 11) is 0. The van der Waals surface area contributed by atoms with Crippen molar-refractivity contribution in [2.45, 2.75) is 51.9 Å². The van der Waals surface area contributed by atoms with Crippen LogP contribution in [0.5, 0.6) is 0 Å². The van der Waals surface area contributed by atoms with E-state index in [1.54, 1.807) is 6.26 Å². The molecule has 0 saturated heterocycles. The zero-order valence-electron chi connectivity index (χ0n) is 10.5. The molecule has 0 radical (unpaired) electrons. The highest BCUT2D eigenvalue weighted by Gasteiger charge is 2.20. The molecule has 1 aliphatic carbocycles. The summed E-state index contributed by atoms with van der Waals surface area (Å²) < 4.78 is 5.13. The highest BCUT2D eigenvalue weighted by molar-refractivity contribution is 4.82. The quantitative estimate of drug-likeness (QED) is 0.532. The minimum atomic E-state index is 0.101. The minimum absolute atomic E-state index is 0.101. The zero-order valence-corrected chi connectivity index (χ0v) is 10.5. The fourth-order valence-corrected chi connectivity index (χ4v) is 2.72. The molecule has 1 saturated carbocycles. The Hall–Kier alpha value is -0.500. The maximum atomic E-state index is 8.57. The van der Waals surface area contributed by atoms with Gasteiger partial charge in [0.1, 0.15) is 6.61 Å². The molecule has 1 unspecified atom stereocenters. The third-order valence-electron chi connectivity index (χ3n) is 3.68. The molecule has 0 aliphatic heterocycles. The highest BCUT2D eigenvalue weighted by atomic mass is 16.5. The van der Waals surface area contributed by atoms with Crippen molar-refractivity contribution in [2.75, 3.05) is 13.2 Å². The monoisotopic (exact) mass is 226 g/mol. The number of rotatable bonds is 7. The molecule has 1 fully saturated rings. The van der Waals surface area contributed by atoms with Crippen LogP contribution >= 0.6 is 0 Å². The minimum Gasteiger partial charge on any atom is -0.499 e. The lowest BCUT2D eigenvalue weighted by Gasteiger charge is -2.28. The Labute approximate surface area is 99.7 Å². The second-order valence-electron chi connectivity index (χ2n) is 4.77. The Kier molecular flexibility index (Phi) is 7.32. The van der Waals surface area contributed by atoms with Gasteiger partial charge in [0.25, 0.3) is 0 Å². The standard InChI is InChI=1S/C14H26O2/c1-2-13(9-6-11-16-12-10-15)14-7-4-3-5-8-14/h6,11,13-15H,2-5,7-10,12H2,1H3/b11-6+. The molecule has 0 heterocycles. The van der Waals surface area contributed by atoms with E-state index >= 15 is 0 Å². The van der Waals surface area contributed by atoms with Gasteiger partial charge in [-0.1, -0.05) is 45.4 Å². The normalized spacial score (nSPS) is 20.1. The Morgan fingerprint density at radius 1 is 1.31 bits per heavy atom. The van der Waals surface area contributed by atoms with Crippen LogP contribution in [0.3, 0.4) is 0 Å². The first-order valence-electron chi connectivity index (χ1n) is 6.76. The Morgan fingerprint density at radius 2 is 2.06 bits per heavy atom. The van der Waals surface area contributed by atoms with Gasteiger partial charge in [0.15, 0.2) is 0 Å². The molecule has 2 heteroatoms. The van der Waals surface area contributed by atoms with Crippen LogP contribution in [0.15, 0.2) is 12.3 Å². The van der Waals surface area contributed by atoms with Crippen LogP contribution in [0, 0.1) is 11.8 Å². The Bertz CT molecular complexity index is 183. The second kappa shape index (κ2) is 8.63. The van der Waals surface area contributed by atoms with E-state index < -0.39 is 0 Å². The number of aliphatic hydroxyl groups excluding tert-OH is 1. The van der Waals surface area contributed by atoms with E-state index in [0.717, 1.165) is 18.3 Å². The molecule has 0 aromatic carbocycles. The summed E-state index contributed by atoms with van der Waals surface area (Å²) in [6.45, 7) is 2.81. The maximum absolute atomic E-state index is 8.57. The summed E-state index contributed by atoms with van der Waals surface area (Å²) in [5.41, 5.74) is 0. The Balaban J connectivity index is 2.22. The molecule has 94 valence electrons. The average Bonchev–Trinajstić information content (AvgIpc) is 2.35. The van der Waals surface area contributed by atoms with E-state index in [-0.39, 0.29) is 6.61 Å². The van der Waals surface area contributed by atoms with Crippen molar-refractivity contribution in [3.8, 4) is 0 Å². The van der Waals surface area contributed by atoms with Crippen LogP contribution in [0.1, 0.15) is 51.9 Å². The molecule has 0 spiro atoms. The van der Waals surface area contributed by atoms with Crippen molar-refractivity contribution in [3.63, 3.8) is 0 Å². The van der Waals surface area contributed by atoms with Gasteiger partial charge in [0.2, 0.25) is 0 Å². The summed E-state index contributed by atoms with van der Waals surface area (Å²) in [5.74, 6) is 1.76. The lowest BCUT2D eigenvalue weighted by molar-refractivity contribution is 0.164. The molecular formula is C14H26O2. The molecule has 2 nitrogen and oxygen atoms in total. The SMILES string of the molecule is CCC(C/C=C/OCCO)C1CCCCC1. The smallest absolute Gasteiger partial charge is 0.110 e. The predicted molar refractivity (Wildman–Crippen MR) is 67.2 cm³/mol. The van der Waals surface area contributed by atoms with Gasteiger partial charge in [-0.15, -0.1) is 0 Å². The molecule has 0 amide bonds. The Morgan fingerprint density at radius 3 is 2.69 bits per heavy atom. The van der Waals surface area contributed by atoms with Gasteiger partial charge < -0.3 is 9.84 Å². The van der Waals surface area contributed by atoms with Crippen molar-refractivity contribution in [1.29, 1.82) is 0 Å². The van der Waals surface area contributed by atoms with Gasteiger partial charge in [0.05, 0.1) is 12.9 Å². The van der Waals surface area contributed by atoms with E-state index in [0.29, 0.717) is 6.61 Å². The molecule has 0 bridgehead atoms. The van der Waals surface area contributed by atoms with Crippen LogP contribution < -0.4 is 0 Å². The number of ether oxygens (including phenoxy) is 1. The molecule has 1 rings (SSSR count). The van der Waals surface area contributed by atoms with Crippen LogP contribution in [-0.2, 0) is 4.74 Å². The van der Waals surface area contributed by atoms with Crippen LogP contribution in [0.2, 0.25) is 0 Å². The number of hydrogen-bond acceptors (Lipinski definition) is 2. The van der Waals surface area contributed by atoms with Gasteiger partial charge in [-0.05, 0) is 24.3 Å². The molecule has 1 atom stereocenters. The molecule has 0 aromatic heterocycles. The van der Waals surface area contributed by atoms with Crippen molar-refractivity contribution < 1.29 is 9.84 Å². The van der Waals surface area contributed by atoms with E-state index in [4.69, 9.17) is 9.84 Å². The van der Waals surface area contributed by atoms with Gasteiger partial charge in [-0.3, -0.25) is 0 Å². The predicted octanol–water partition coefficient (Wildman–Crippen LogP) is 3.51. The van der Waals surface area contributed by atoms with Crippen molar-refractivity contribution >= 4 is 0 Å². The van der Waals surface area contributed by atoms with Gasteiger partial charge in [0, 0.05) is 0 Å². The largest absolute Gasteiger partial charge is 0.499 e. The van der Waals surface area contributed by atoms with Gasteiger partial charge >= 0.3 is 0 Å². The summed E-state index contributed by atoms with van der Waals surface area (Å²) in [6.07, 6.45) is 13.4. The maximum Gasteiger partial charge on any atom is 0.110 e. The third kappa shape index (κ3) is 5.02. The zero-order chi connectivity index (χ0) is 11.6.